The largest absolute Gasteiger partial charge is 0.493 e. The molecule has 0 saturated carbocycles. The molecular weight excluding hydrogens is 365 g/mol. The van der Waals surface area contributed by atoms with Crippen molar-refractivity contribution in [1.29, 1.82) is 0 Å². The van der Waals surface area contributed by atoms with E-state index in [0.29, 0.717) is 5.75 Å². The molecule has 1 aromatic rings. The Morgan fingerprint density at radius 3 is 2.08 bits per heavy atom. The third-order valence-corrected chi connectivity index (χ3v) is 2.82. The van der Waals surface area contributed by atoms with Crippen LogP contribution in [0.25, 0.3) is 0 Å². The van der Waals surface area contributed by atoms with Crippen LogP contribution in [0.4, 0.5) is 30.7 Å². The van der Waals surface area contributed by atoms with Gasteiger partial charge in [-0.15, -0.1) is 0 Å². The minimum absolute atomic E-state index is 0.156. The first-order valence-corrected chi connectivity index (χ1v) is 6.26. The fraction of sp³-hybridized carbons (Fsp3) is 0.385. The molecule has 140 valence electrons. The Morgan fingerprint density at radius 1 is 1.04 bits per heavy atom. The molecule has 12 heteroatoms. The third kappa shape index (κ3) is 4.12. The molecule has 0 aliphatic rings. The molecule has 0 aromatic heterocycles. The lowest BCUT2D eigenvalue weighted by Crippen LogP contribution is -2.58. The second-order valence-electron chi connectivity index (χ2n) is 4.46. The number of ether oxygens (including phenoxy) is 2. The van der Waals surface area contributed by atoms with Crippen LogP contribution in [0.15, 0.2) is 23.3 Å². The van der Waals surface area contributed by atoms with E-state index < -0.39 is 23.9 Å². The number of halogens is 7. The van der Waals surface area contributed by atoms with Crippen LogP contribution >= 0.6 is 0 Å². The molecule has 0 unspecified atom stereocenters. The van der Waals surface area contributed by atoms with E-state index in [2.05, 4.69) is 5.10 Å². The highest BCUT2D eigenvalue weighted by molar-refractivity contribution is 5.87. The fourth-order valence-electron chi connectivity index (χ4n) is 1.49. The summed E-state index contributed by atoms with van der Waals surface area (Å²) in [7, 11) is 2.63. The van der Waals surface area contributed by atoms with Gasteiger partial charge in [-0.25, -0.2) is 5.43 Å². The van der Waals surface area contributed by atoms with Gasteiger partial charge < -0.3 is 9.47 Å². The Bertz CT molecular complexity index is 660. The molecule has 1 rings (SSSR count). The summed E-state index contributed by atoms with van der Waals surface area (Å²) in [4.78, 5) is 11.0. The van der Waals surface area contributed by atoms with Crippen LogP contribution in [0, 0.1) is 0 Å². The molecule has 0 atom stereocenters. The van der Waals surface area contributed by atoms with Gasteiger partial charge >= 0.3 is 23.9 Å². The van der Waals surface area contributed by atoms with Gasteiger partial charge in [0.2, 0.25) is 0 Å². The normalized spacial score (nSPS) is 13.0. The number of benzene rings is 1. The Labute approximate surface area is 136 Å². The maximum absolute atomic E-state index is 13.0. The van der Waals surface area contributed by atoms with E-state index in [0.717, 1.165) is 11.6 Å². The minimum Gasteiger partial charge on any atom is -0.493 e. The number of alkyl halides is 7. The highest BCUT2D eigenvalue weighted by atomic mass is 19.4. The average Bonchev–Trinajstić information content (AvgIpc) is 2.53. The summed E-state index contributed by atoms with van der Waals surface area (Å²) in [6.07, 6.45) is -5.87. The van der Waals surface area contributed by atoms with Crippen LogP contribution in [0.3, 0.4) is 0 Å². The minimum atomic E-state index is -6.61. The number of hydrogen-bond acceptors (Lipinski definition) is 4. The van der Waals surface area contributed by atoms with Crippen molar-refractivity contribution in [2.24, 2.45) is 5.10 Å². The van der Waals surface area contributed by atoms with Crippen molar-refractivity contribution in [3.05, 3.63) is 23.8 Å². The van der Waals surface area contributed by atoms with Gasteiger partial charge in [-0.2, -0.15) is 35.8 Å². The van der Waals surface area contributed by atoms with Crippen molar-refractivity contribution in [3.8, 4) is 11.5 Å². The summed E-state index contributed by atoms with van der Waals surface area (Å²) in [5.74, 6) is -15.0. The standard InChI is InChI=1S/C13H11F7N2O3/c1-24-8-4-3-7(5-9(8)25-2)6-21-22-10(23)11(14,15)12(16,17)13(18,19)20/h3-6H,1-2H3,(H,22,23)/b21-6+. The summed E-state index contributed by atoms with van der Waals surface area (Å²) in [6, 6.07) is 4.00. The molecule has 0 bridgehead atoms. The number of nitrogens with one attached hydrogen (secondary N) is 1. The lowest BCUT2D eigenvalue weighted by atomic mass is 10.1. The van der Waals surface area contributed by atoms with Crippen molar-refractivity contribution in [3.63, 3.8) is 0 Å². The first kappa shape index (κ1) is 20.5. The van der Waals surface area contributed by atoms with Gasteiger partial charge in [-0.1, -0.05) is 0 Å². The third-order valence-electron chi connectivity index (χ3n) is 2.82. The first-order chi connectivity index (χ1) is 11.4. The smallest absolute Gasteiger partial charge is 0.460 e. The number of hydrogen-bond donors (Lipinski definition) is 1. The molecule has 0 heterocycles. The molecule has 0 fully saturated rings. The molecule has 1 N–H and O–H groups in total. The topological polar surface area (TPSA) is 59.9 Å². The molecule has 1 amide bonds. The number of carbonyl (C=O) groups excluding carboxylic acids is 1. The van der Waals surface area contributed by atoms with Gasteiger partial charge in [0, 0.05) is 0 Å². The Morgan fingerprint density at radius 2 is 1.60 bits per heavy atom. The van der Waals surface area contributed by atoms with Crippen molar-refractivity contribution in [1.82, 2.24) is 5.43 Å². The highest BCUT2D eigenvalue weighted by Gasteiger charge is 2.76. The number of carbonyl (C=O) groups is 1. The molecule has 0 aliphatic carbocycles. The zero-order chi connectivity index (χ0) is 19.5. The van der Waals surface area contributed by atoms with Crippen molar-refractivity contribution in [2.45, 2.75) is 18.0 Å². The maximum atomic E-state index is 13.0. The Kier molecular flexibility index (Phi) is 5.87. The average molecular weight is 376 g/mol. The van der Waals surface area contributed by atoms with E-state index in [-0.39, 0.29) is 11.3 Å². The molecule has 0 saturated heterocycles. The van der Waals surface area contributed by atoms with Crippen LogP contribution in [-0.2, 0) is 4.79 Å². The quantitative estimate of drug-likeness (QED) is 0.472. The van der Waals surface area contributed by atoms with E-state index >= 15 is 0 Å². The zero-order valence-electron chi connectivity index (χ0n) is 12.6. The lowest BCUT2D eigenvalue weighted by molar-refractivity contribution is -0.344. The first-order valence-electron chi connectivity index (χ1n) is 6.26. The number of methoxy groups -OCH3 is 2. The summed E-state index contributed by atoms with van der Waals surface area (Å²) in [5.41, 5.74) is 1.10. The molecule has 0 spiro atoms. The lowest BCUT2D eigenvalue weighted by Gasteiger charge is -2.26. The molecular formula is C13H11F7N2O3. The van der Waals surface area contributed by atoms with Crippen LogP contribution < -0.4 is 14.9 Å². The summed E-state index contributed by atoms with van der Waals surface area (Å²) in [6.45, 7) is 0. The highest BCUT2D eigenvalue weighted by Crippen LogP contribution is 2.46. The summed E-state index contributed by atoms with van der Waals surface area (Å²) < 4.78 is 97.1. The molecule has 0 radical (unpaired) electrons. The second-order valence-corrected chi connectivity index (χ2v) is 4.46. The molecule has 0 aliphatic heterocycles. The monoisotopic (exact) mass is 376 g/mol. The predicted octanol–water partition coefficient (Wildman–Crippen LogP) is 2.99. The molecule has 5 nitrogen and oxygen atoms in total. The van der Waals surface area contributed by atoms with Crippen LogP contribution in [0.2, 0.25) is 0 Å². The van der Waals surface area contributed by atoms with Crippen molar-refractivity contribution in [2.75, 3.05) is 14.2 Å². The van der Waals surface area contributed by atoms with Gasteiger partial charge in [0.25, 0.3) is 0 Å². The maximum Gasteiger partial charge on any atom is 0.460 e. The van der Waals surface area contributed by atoms with E-state index in [4.69, 9.17) is 9.47 Å². The Balaban J connectivity index is 2.90. The van der Waals surface area contributed by atoms with Crippen molar-refractivity contribution < 1.29 is 45.0 Å². The van der Waals surface area contributed by atoms with E-state index in [9.17, 15) is 35.5 Å². The van der Waals surface area contributed by atoms with Crippen LogP contribution in [0.5, 0.6) is 11.5 Å². The van der Waals surface area contributed by atoms with Crippen LogP contribution in [0.1, 0.15) is 5.56 Å². The van der Waals surface area contributed by atoms with E-state index in [1.807, 2.05) is 0 Å². The predicted molar refractivity (Wildman–Crippen MR) is 71.2 cm³/mol. The summed E-state index contributed by atoms with van der Waals surface area (Å²) >= 11 is 0. The number of amides is 1. The SMILES string of the molecule is COc1ccc(/C=N/NC(=O)C(F)(F)C(F)(F)C(F)(F)F)cc1OC. The fourth-order valence-corrected chi connectivity index (χ4v) is 1.49. The zero-order valence-corrected chi connectivity index (χ0v) is 12.6. The van der Waals surface area contributed by atoms with Gasteiger partial charge in [0.05, 0.1) is 20.4 Å². The van der Waals surface area contributed by atoms with Crippen LogP contribution in [-0.4, -0.2) is 44.4 Å². The van der Waals surface area contributed by atoms with E-state index in [1.165, 1.54) is 32.4 Å². The van der Waals surface area contributed by atoms with Gasteiger partial charge in [-0.05, 0) is 23.8 Å². The number of rotatable bonds is 6. The van der Waals surface area contributed by atoms with E-state index in [1.54, 1.807) is 0 Å². The summed E-state index contributed by atoms with van der Waals surface area (Å²) in [5, 5.41) is 2.93. The second kappa shape index (κ2) is 7.15. The van der Waals surface area contributed by atoms with Gasteiger partial charge in [0.1, 0.15) is 0 Å². The van der Waals surface area contributed by atoms with Crippen molar-refractivity contribution >= 4 is 12.1 Å². The molecule has 25 heavy (non-hydrogen) atoms. The van der Waals surface area contributed by atoms with Gasteiger partial charge in [0.15, 0.2) is 11.5 Å². The number of hydrazone groups is 1. The Hall–Kier alpha value is -2.53. The van der Waals surface area contributed by atoms with Gasteiger partial charge in [-0.3, -0.25) is 4.79 Å². The number of nitrogens with zero attached hydrogens (tertiary/aromatic N) is 1. The molecule has 1 aromatic carbocycles.